The third-order valence-electron chi connectivity index (χ3n) is 3.54. The zero-order valence-electron chi connectivity index (χ0n) is 12.9. The summed E-state index contributed by atoms with van der Waals surface area (Å²) in [6.07, 6.45) is 2.17. The molecule has 0 radical (unpaired) electrons. The molecule has 5 nitrogen and oxygen atoms in total. The molecule has 3 N–H and O–H groups in total. The summed E-state index contributed by atoms with van der Waals surface area (Å²) >= 11 is 0. The van der Waals surface area contributed by atoms with Crippen molar-refractivity contribution in [3.8, 4) is 0 Å². The minimum absolute atomic E-state index is 0.0519. The lowest BCUT2D eigenvalue weighted by Gasteiger charge is -2.13. The van der Waals surface area contributed by atoms with Gasteiger partial charge >= 0.3 is 5.97 Å². The van der Waals surface area contributed by atoms with Crippen LogP contribution in [-0.2, 0) is 9.53 Å². The maximum atomic E-state index is 12.0. The van der Waals surface area contributed by atoms with E-state index in [0.29, 0.717) is 35.7 Å². The third kappa shape index (κ3) is 5.19. The lowest BCUT2D eigenvalue weighted by atomic mass is 10.0. The van der Waals surface area contributed by atoms with Gasteiger partial charge in [0.1, 0.15) is 0 Å². The van der Waals surface area contributed by atoms with E-state index in [9.17, 15) is 9.59 Å². The van der Waals surface area contributed by atoms with Crippen LogP contribution in [0.3, 0.4) is 0 Å². The van der Waals surface area contributed by atoms with Gasteiger partial charge in [0.15, 0.2) is 0 Å². The molecule has 0 bridgehead atoms. The lowest BCUT2D eigenvalue weighted by Crippen LogP contribution is -2.15. The van der Waals surface area contributed by atoms with Crippen molar-refractivity contribution in [3.63, 3.8) is 0 Å². The molecule has 0 heterocycles. The number of ether oxygens (including phenoxy) is 1. The van der Waals surface area contributed by atoms with Gasteiger partial charge in [0.2, 0.25) is 5.91 Å². The van der Waals surface area contributed by atoms with E-state index in [1.165, 1.54) is 7.11 Å². The number of hydrogen-bond donors (Lipinski definition) is 2. The van der Waals surface area contributed by atoms with Crippen LogP contribution in [0.4, 0.5) is 5.69 Å². The highest BCUT2D eigenvalue weighted by atomic mass is 16.5. The van der Waals surface area contributed by atoms with Crippen molar-refractivity contribution in [2.24, 2.45) is 11.7 Å². The van der Waals surface area contributed by atoms with Crippen molar-refractivity contribution in [1.29, 1.82) is 0 Å². The molecule has 5 heteroatoms. The summed E-state index contributed by atoms with van der Waals surface area (Å²) in [6.45, 7) is 4.52. The molecule has 1 amide bonds. The van der Waals surface area contributed by atoms with Crippen LogP contribution in [0, 0.1) is 12.8 Å². The minimum Gasteiger partial charge on any atom is -0.465 e. The molecule has 0 aliphatic rings. The number of hydrogen-bond acceptors (Lipinski definition) is 4. The summed E-state index contributed by atoms with van der Waals surface area (Å²) in [5, 5.41) is 2.85. The number of rotatable bonds is 7. The second-order valence-corrected chi connectivity index (χ2v) is 5.24. The van der Waals surface area contributed by atoms with Gasteiger partial charge in [-0.15, -0.1) is 0 Å². The largest absolute Gasteiger partial charge is 0.465 e. The molecule has 1 aromatic rings. The Bertz CT molecular complexity index is 500. The summed E-state index contributed by atoms with van der Waals surface area (Å²) < 4.78 is 4.72. The number of esters is 1. The molecule has 0 aromatic heterocycles. The second-order valence-electron chi connectivity index (χ2n) is 5.24. The first-order chi connectivity index (χ1) is 9.99. The van der Waals surface area contributed by atoms with Gasteiger partial charge in [0.25, 0.3) is 0 Å². The number of benzene rings is 1. The van der Waals surface area contributed by atoms with Crippen molar-refractivity contribution in [1.82, 2.24) is 0 Å². The van der Waals surface area contributed by atoms with Crippen LogP contribution in [0.15, 0.2) is 18.2 Å². The molecule has 0 saturated heterocycles. The van der Waals surface area contributed by atoms with E-state index in [1.807, 2.05) is 0 Å². The average molecular weight is 292 g/mol. The predicted octanol–water partition coefficient (Wildman–Crippen LogP) is 2.49. The van der Waals surface area contributed by atoms with E-state index in [0.717, 1.165) is 12.8 Å². The Hall–Kier alpha value is -1.88. The van der Waals surface area contributed by atoms with Crippen LogP contribution in [0.2, 0.25) is 0 Å². The molecule has 1 rings (SSSR count). The highest BCUT2D eigenvalue weighted by Crippen LogP contribution is 2.20. The summed E-state index contributed by atoms with van der Waals surface area (Å²) in [6, 6.07) is 5.19. The van der Waals surface area contributed by atoms with Crippen molar-refractivity contribution in [2.45, 2.75) is 33.1 Å². The topological polar surface area (TPSA) is 81.4 Å². The fourth-order valence-corrected chi connectivity index (χ4v) is 2.12. The zero-order chi connectivity index (χ0) is 15.8. The van der Waals surface area contributed by atoms with Gasteiger partial charge in [-0.25, -0.2) is 4.79 Å². The first-order valence-corrected chi connectivity index (χ1v) is 7.17. The van der Waals surface area contributed by atoms with Crippen molar-refractivity contribution in [3.05, 3.63) is 29.3 Å². The molecule has 21 heavy (non-hydrogen) atoms. The van der Waals surface area contributed by atoms with E-state index >= 15 is 0 Å². The number of nitrogens with one attached hydrogen (secondary N) is 1. The Morgan fingerprint density at radius 1 is 1.33 bits per heavy atom. The maximum Gasteiger partial charge on any atom is 0.338 e. The fourth-order valence-electron chi connectivity index (χ4n) is 2.12. The molecule has 0 saturated carbocycles. The van der Waals surface area contributed by atoms with Crippen molar-refractivity contribution >= 4 is 17.6 Å². The van der Waals surface area contributed by atoms with Crippen LogP contribution in [-0.4, -0.2) is 25.5 Å². The monoisotopic (exact) mass is 292 g/mol. The van der Waals surface area contributed by atoms with Gasteiger partial charge in [0, 0.05) is 12.1 Å². The van der Waals surface area contributed by atoms with Crippen LogP contribution >= 0.6 is 0 Å². The number of nitrogens with two attached hydrogens (primary N) is 1. The average Bonchev–Trinajstić information content (AvgIpc) is 2.47. The first-order valence-electron chi connectivity index (χ1n) is 7.17. The number of carbonyl (C=O) groups is 2. The molecule has 0 spiro atoms. The normalized spacial score (nSPS) is 11.8. The van der Waals surface area contributed by atoms with Crippen LogP contribution in [0.1, 0.15) is 42.1 Å². The molecular weight excluding hydrogens is 268 g/mol. The summed E-state index contributed by atoms with van der Waals surface area (Å²) in [5.41, 5.74) is 7.32. The van der Waals surface area contributed by atoms with Gasteiger partial charge in [-0.1, -0.05) is 13.0 Å². The Labute approximate surface area is 125 Å². The number of methoxy groups -OCH3 is 1. The van der Waals surface area contributed by atoms with E-state index in [1.54, 1.807) is 25.1 Å². The van der Waals surface area contributed by atoms with Crippen LogP contribution < -0.4 is 11.1 Å². The Balaban J connectivity index is 2.66. The smallest absolute Gasteiger partial charge is 0.338 e. The highest BCUT2D eigenvalue weighted by Gasteiger charge is 2.13. The molecule has 0 fully saturated rings. The molecule has 116 valence electrons. The van der Waals surface area contributed by atoms with E-state index in [2.05, 4.69) is 12.2 Å². The number of anilines is 1. The third-order valence-corrected chi connectivity index (χ3v) is 3.54. The molecule has 1 atom stereocenters. The summed E-state index contributed by atoms with van der Waals surface area (Å²) in [4.78, 5) is 23.6. The molecule has 0 aliphatic carbocycles. The number of carbonyl (C=O) groups excluding carboxylic acids is 2. The van der Waals surface area contributed by atoms with Gasteiger partial charge < -0.3 is 15.8 Å². The van der Waals surface area contributed by atoms with Crippen molar-refractivity contribution in [2.75, 3.05) is 19.0 Å². The minimum atomic E-state index is -0.403. The van der Waals surface area contributed by atoms with Gasteiger partial charge in [-0.05, 0) is 49.9 Å². The van der Waals surface area contributed by atoms with Gasteiger partial charge in [-0.2, -0.15) is 0 Å². The quantitative estimate of drug-likeness (QED) is 0.756. The SMILES string of the molecule is COC(=O)c1cccc(NC(=O)CCC(C)CCN)c1C. The fraction of sp³-hybridized carbons (Fsp3) is 0.500. The Morgan fingerprint density at radius 3 is 2.67 bits per heavy atom. The zero-order valence-corrected chi connectivity index (χ0v) is 12.9. The maximum absolute atomic E-state index is 12.0. The van der Waals surface area contributed by atoms with E-state index < -0.39 is 5.97 Å². The molecular formula is C16H24N2O3. The highest BCUT2D eigenvalue weighted by molar-refractivity contribution is 5.96. The van der Waals surface area contributed by atoms with Gasteiger partial charge in [0.05, 0.1) is 12.7 Å². The number of amides is 1. The molecule has 1 unspecified atom stereocenters. The van der Waals surface area contributed by atoms with Crippen molar-refractivity contribution < 1.29 is 14.3 Å². The van der Waals surface area contributed by atoms with Crippen LogP contribution in [0.25, 0.3) is 0 Å². The second kappa shape index (κ2) is 8.42. The summed E-state index contributed by atoms with van der Waals surface area (Å²) in [7, 11) is 1.34. The molecule has 1 aromatic carbocycles. The van der Waals surface area contributed by atoms with Crippen LogP contribution in [0.5, 0.6) is 0 Å². The first kappa shape index (κ1) is 17.2. The standard InChI is InChI=1S/C16H24N2O3/c1-11(9-10-17)7-8-15(19)18-14-6-4-5-13(12(14)2)16(20)21-3/h4-6,11H,7-10,17H2,1-3H3,(H,18,19). The van der Waals surface area contributed by atoms with E-state index in [-0.39, 0.29) is 5.91 Å². The van der Waals surface area contributed by atoms with E-state index in [4.69, 9.17) is 10.5 Å². The Kier molecular flexibility index (Phi) is 6.88. The summed E-state index contributed by atoms with van der Waals surface area (Å²) in [5.74, 6) is -0.0209. The predicted molar refractivity (Wildman–Crippen MR) is 83.2 cm³/mol. The lowest BCUT2D eigenvalue weighted by molar-refractivity contribution is -0.116. The van der Waals surface area contributed by atoms with Gasteiger partial charge in [-0.3, -0.25) is 4.79 Å². The Morgan fingerprint density at radius 2 is 2.05 bits per heavy atom. The molecule has 0 aliphatic heterocycles.